The van der Waals surface area contributed by atoms with Crippen molar-refractivity contribution < 1.29 is 13.5 Å². The van der Waals surface area contributed by atoms with E-state index in [2.05, 4.69) is 40.4 Å². The Bertz CT molecular complexity index is 869. The van der Waals surface area contributed by atoms with Crippen LogP contribution in [0.4, 0.5) is 14.6 Å². The topological polar surface area (TPSA) is 93.0 Å². The highest BCUT2D eigenvalue weighted by molar-refractivity contribution is 6.04. The van der Waals surface area contributed by atoms with Crippen molar-refractivity contribution in [3.8, 4) is 5.75 Å². The van der Waals surface area contributed by atoms with Crippen LogP contribution in [0.2, 0.25) is 0 Å². The van der Waals surface area contributed by atoms with Gasteiger partial charge in [-0.2, -0.15) is 8.78 Å². The molecule has 0 aromatic carbocycles. The summed E-state index contributed by atoms with van der Waals surface area (Å²) in [6.45, 7) is 5.71. The van der Waals surface area contributed by atoms with Crippen molar-refractivity contribution in [2.24, 2.45) is 28.5 Å². The highest BCUT2D eigenvalue weighted by Crippen LogP contribution is 2.59. The maximum atomic E-state index is 12.6. The summed E-state index contributed by atoms with van der Waals surface area (Å²) < 4.78 is 29.7. The van der Waals surface area contributed by atoms with Crippen molar-refractivity contribution >= 4 is 17.2 Å². The average Bonchev–Trinajstić information content (AvgIpc) is 3.22. The third-order valence-electron chi connectivity index (χ3n) is 6.96. The van der Waals surface area contributed by atoms with E-state index in [0.717, 1.165) is 31.9 Å². The van der Waals surface area contributed by atoms with Crippen LogP contribution >= 0.6 is 0 Å². The first-order chi connectivity index (χ1) is 15.2. The van der Waals surface area contributed by atoms with Crippen molar-refractivity contribution in [3.05, 3.63) is 23.9 Å². The summed E-state index contributed by atoms with van der Waals surface area (Å²) in [4.78, 5) is 13.9. The van der Waals surface area contributed by atoms with Gasteiger partial charge in [-0.3, -0.25) is 9.89 Å². The number of hydrogen-bond donors (Lipinski definition) is 2. The molecule has 0 amide bonds. The molecule has 3 aliphatic rings. The number of pyridine rings is 1. The Morgan fingerprint density at radius 3 is 2.47 bits per heavy atom. The van der Waals surface area contributed by atoms with Crippen LogP contribution in [-0.4, -0.2) is 72.4 Å². The van der Waals surface area contributed by atoms with E-state index in [1.54, 1.807) is 0 Å². The lowest BCUT2D eigenvalue weighted by atomic mass is 10.00. The molecule has 7 nitrogen and oxygen atoms in total. The molecule has 32 heavy (non-hydrogen) atoms. The molecule has 2 heterocycles. The predicted molar refractivity (Wildman–Crippen MR) is 123 cm³/mol. The van der Waals surface area contributed by atoms with Gasteiger partial charge in [0.15, 0.2) is 11.6 Å². The first-order valence-corrected chi connectivity index (χ1v) is 11.4. The van der Waals surface area contributed by atoms with Gasteiger partial charge in [0.1, 0.15) is 0 Å². The van der Waals surface area contributed by atoms with E-state index in [1.807, 2.05) is 6.08 Å². The van der Waals surface area contributed by atoms with Crippen molar-refractivity contribution in [1.82, 2.24) is 14.8 Å². The highest BCUT2D eigenvalue weighted by atomic mass is 19.3. The zero-order valence-electron chi connectivity index (χ0n) is 19.0. The smallest absolute Gasteiger partial charge is 0.387 e. The molecule has 2 aliphatic carbocycles. The van der Waals surface area contributed by atoms with Gasteiger partial charge in [0.2, 0.25) is 0 Å². The Hall–Kier alpha value is -2.26. The number of alkyl halides is 2. The van der Waals surface area contributed by atoms with Gasteiger partial charge in [-0.05, 0) is 57.7 Å². The van der Waals surface area contributed by atoms with Crippen LogP contribution in [0.5, 0.6) is 5.75 Å². The molecule has 1 aromatic heterocycles. The molecule has 1 aliphatic heterocycles. The molecule has 176 valence electrons. The number of aromatic nitrogens is 1. The number of rotatable bonds is 7. The summed E-state index contributed by atoms with van der Waals surface area (Å²) in [5.74, 6) is 1.43. The number of anilines is 1. The number of nitrogen functional groups attached to an aromatic ring is 1. The summed E-state index contributed by atoms with van der Waals surface area (Å²) >= 11 is 0. The van der Waals surface area contributed by atoms with Crippen LogP contribution in [-0.2, 0) is 0 Å². The second-order valence-electron chi connectivity index (χ2n) is 9.55. The monoisotopic (exact) mass is 448 g/mol. The maximum absolute atomic E-state index is 12.6. The molecule has 4 N–H and O–H groups in total. The Balaban J connectivity index is 1.46. The van der Waals surface area contributed by atoms with Crippen molar-refractivity contribution in [2.45, 2.75) is 45.4 Å². The predicted octanol–water partition coefficient (Wildman–Crippen LogP) is 2.69. The number of piperazine rings is 1. The minimum atomic E-state index is -2.98. The molecule has 4 atom stereocenters. The number of nitrogens with two attached hydrogens (primary N) is 2. The normalized spacial score (nSPS) is 29.6. The zero-order valence-corrected chi connectivity index (χ0v) is 19.0. The zero-order chi connectivity index (χ0) is 23.0. The second-order valence-corrected chi connectivity index (χ2v) is 9.55. The van der Waals surface area contributed by atoms with Crippen LogP contribution in [0.1, 0.15) is 32.3 Å². The van der Waals surface area contributed by atoms with Gasteiger partial charge in [-0.1, -0.05) is 0 Å². The van der Waals surface area contributed by atoms with Gasteiger partial charge in [0, 0.05) is 67.3 Å². The van der Waals surface area contributed by atoms with Crippen molar-refractivity contribution in [2.75, 3.05) is 39.0 Å². The summed E-state index contributed by atoms with van der Waals surface area (Å²) in [6, 6.07) is 2.22. The minimum Gasteiger partial charge on any atom is -0.431 e. The van der Waals surface area contributed by atoms with Gasteiger partial charge in [0.05, 0.1) is 0 Å². The van der Waals surface area contributed by atoms with E-state index in [0.29, 0.717) is 35.1 Å². The van der Waals surface area contributed by atoms with Crippen LogP contribution < -0.4 is 16.2 Å². The van der Waals surface area contributed by atoms with Gasteiger partial charge in [0.25, 0.3) is 0 Å². The molecular formula is C23H34F2N6O. The van der Waals surface area contributed by atoms with Gasteiger partial charge in [-0.25, -0.2) is 4.98 Å². The van der Waals surface area contributed by atoms with Gasteiger partial charge >= 0.3 is 6.61 Å². The summed E-state index contributed by atoms with van der Waals surface area (Å²) in [6.07, 6.45) is 5.77. The molecule has 4 rings (SSSR count). The molecule has 1 aromatic rings. The van der Waals surface area contributed by atoms with Crippen molar-refractivity contribution in [1.29, 1.82) is 0 Å². The number of allylic oxidation sites excluding steroid dienone is 1. The number of halogens is 2. The number of fused-ring (bicyclic) bond motifs is 1. The van der Waals surface area contributed by atoms with Crippen molar-refractivity contribution in [3.63, 3.8) is 0 Å². The van der Waals surface area contributed by atoms with Crippen LogP contribution in [0.3, 0.4) is 0 Å². The average molecular weight is 449 g/mol. The Kier molecular flexibility index (Phi) is 6.67. The number of nitrogens with zero attached hydrogens (tertiary/aromatic N) is 4. The first-order valence-electron chi connectivity index (χ1n) is 11.4. The van der Waals surface area contributed by atoms with E-state index in [9.17, 15) is 8.78 Å². The Morgan fingerprint density at radius 1 is 1.22 bits per heavy atom. The number of hydrogen-bond acceptors (Lipinski definition) is 7. The third-order valence-corrected chi connectivity index (χ3v) is 6.96. The van der Waals surface area contributed by atoms with Crippen LogP contribution in [0.25, 0.3) is 5.70 Å². The van der Waals surface area contributed by atoms with E-state index >= 15 is 0 Å². The molecule has 2 unspecified atom stereocenters. The summed E-state index contributed by atoms with van der Waals surface area (Å²) in [7, 11) is 2.18. The molecule has 0 bridgehead atoms. The quantitative estimate of drug-likeness (QED) is 0.623. The summed E-state index contributed by atoms with van der Waals surface area (Å²) in [5.41, 5.74) is 13.9. The number of likely N-dealkylation sites (N-methyl/N-ethyl adjacent to an activating group) is 1. The third kappa shape index (κ3) is 5.04. The first kappa shape index (κ1) is 22.9. The highest BCUT2D eigenvalue weighted by Gasteiger charge is 2.58. The standard InChI is InChI=1S/C23H34F2N6O/c1-13(2)29-19(11-18(26)14-8-20(32-23(24)25)22(27)28-12-14)21-16-9-15(10-17(16)21)31-6-4-30(3)5-7-31/h8,11-13,15-17,21,23H,4-7,9-10,26H2,1-3H3,(H2,27,28)/t15?,16-,17+,21?. The number of aliphatic imine (C=N–C) groups is 1. The van der Waals surface area contributed by atoms with Crippen LogP contribution in [0.15, 0.2) is 23.3 Å². The minimum absolute atomic E-state index is 0.0930. The lowest BCUT2D eigenvalue weighted by Gasteiger charge is -2.37. The Labute approximate surface area is 188 Å². The van der Waals surface area contributed by atoms with Crippen LogP contribution in [0, 0.1) is 17.8 Å². The Morgan fingerprint density at radius 2 is 1.88 bits per heavy atom. The molecule has 0 spiro atoms. The lowest BCUT2D eigenvalue weighted by Crippen LogP contribution is -2.48. The van der Waals surface area contributed by atoms with Gasteiger partial charge < -0.3 is 21.1 Å². The fraction of sp³-hybridized carbons (Fsp3) is 0.652. The number of ether oxygens (including phenoxy) is 1. The van der Waals surface area contributed by atoms with Gasteiger partial charge in [-0.15, -0.1) is 0 Å². The largest absolute Gasteiger partial charge is 0.431 e. The SMILES string of the molecule is CC(C)N=C(C=C(N)c1cnc(N)c(OC(F)F)c1)C1[C@H]2CC(N3CCN(C)CC3)C[C@@H]12. The molecule has 9 heteroatoms. The molecule has 1 saturated heterocycles. The van der Waals surface area contributed by atoms with E-state index < -0.39 is 6.61 Å². The molecule has 3 fully saturated rings. The fourth-order valence-corrected chi connectivity index (χ4v) is 5.30. The lowest BCUT2D eigenvalue weighted by molar-refractivity contribution is -0.0495. The second kappa shape index (κ2) is 9.31. The van der Waals surface area contributed by atoms with E-state index in [-0.39, 0.29) is 17.6 Å². The molecule has 2 saturated carbocycles. The molecular weight excluding hydrogens is 414 g/mol. The molecule has 0 radical (unpaired) electrons. The summed E-state index contributed by atoms with van der Waals surface area (Å²) in [5, 5.41) is 0. The fourth-order valence-electron chi connectivity index (χ4n) is 5.30. The van der Waals surface area contributed by atoms with E-state index in [4.69, 9.17) is 16.5 Å². The maximum Gasteiger partial charge on any atom is 0.387 e. The van der Waals surface area contributed by atoms with E-state index in [1.165, 1.54) is 25.1 Å².